The molecule has 0 radical (unpaired) electrons. The van der Waals surface area contributed by atoms with Gasteiger partial charge < -0.3 is 15.4 Å². The van der Waals surface area contributed by atoms with Crippen LogP contribution < -0.4 is 15.4 Å². The molecule has 1 aliphatic heterocycles. The van der Waals surface area contributed by atoms with E-state index < -0.39 is 10.0 Å². The molecule has 128 valence electrons. The maximum atomic E-state index is 11.9. The highest BCUT2D eigenvalue weighted by Gasteiger charge is 2.26. The van der Waals surface area contributed by atoms with Crippen molar-refractivity contribution >= 4 is 16.1 Å². The predicted molar refractivity (Wildman–Crippen MR) is 87.8 cm³/mol. The van der Waals surface area contributed by atoms with E-state index in [1.807, 2.05) is 24.3 Å². The Hall–Kier alpha value is -1.80. The number of methoxy groups -OCH3 is 1. The lowest BCUT2D eigenvalue weighted by atomic mass is 10.1. The lowest BCUT2D eigenvalue weighted by Gasteiger charge is -2.31. The minimum atomic E-state index is -3.21. The molecule has 7 nitrogen and oxygen atoms in total. The summed E-state index contributed by atoms with van der Waals surface area (Å²) in [5.74, 6) is 0.765. The first-order chi connectivity index (χ1) is 10.9. The number of hydrogen-bond donors (Lipinski definition) is 2. The van der Waals surface area contributed by atoms with E-state index in [0.29, 0.717) is 19.6 Å². The molecule has 0 unspecified atom stereocenters. The summed E-state index contributed by atoms with van der Waals surface area (Å²) < 4.78 is 29.6. The zero-order chi connectivity index (χ0) is 16.9. The number of benzene rings is 1. The van der Waals surface area contributed by atoms with Crippen molar-refractivity contribution in [1.82, 2.24) is 14.9 Å². The molecule has 8 heteroatoms. The molecule has 1 fully saturated rings. The molecule has 1 aromatic rings. The molecule has 0 bridgehead atoms. The molecule has 1 heterocycles. The lowest BCUT2D eigenvalue weighted by molar-refractivity contribution is 0.225. The zero-order valence-corrected chi connectivity index (χ0v) is 14.2. The molecule has 2 rings (SSSR count). The monoisotopic (exact) mass is 341 g/mol. The highest BCUT2D eigenvalue weighted by atomic mass is 32.2. The molecular weight excluding hydrogens is 318 g/mol. The van der Waals surface area contributed by atoms with E-state index >= 15 is 0 Å². The minimum Gasteiger partial charge on any atom is -0.497 e. The van der Waals surface area contributed by atoms with Crippen LogP contribution in [0.3, 0.4) is 0 Å². The van der Waals surface area contributed by atoms with Crippen LogP contribution in [0.1, 0.15) is 18.4 Å². The second-order valence-electron chi connectivity index (χ2n) is 5.64. The Morgan fingerprint density at radius 2 is 2.04 bits per heavy atom. The first-order valence-corrected chi connectivity index (χ1v) is 9.36. The van der Waals surface area contributed by atoms with Gasteiger partial charge >= 0.3 is 6.03 Å². The normalized spacial score (nSPS) is 19.1. The van der Waals surface area contributed by atoms with Crippen molar-refractivity contribution in [3.8, 4) is 5.75 Å². The van der Waals surface area contributed by atoms with Gasteiger partial charge in [-0.05, 0) is 30.5 Å². The van der Waals surface area contributed by atoms with Crippen LogP contribution in [0, 0.1) is 0 Å². The minimum absolute atomic E-state index is 0.158. The molecule has 0 saturated carbocycles. The lowest BCUT2D eigenvalue weighted by Crippen LogP contribution is -2.51. The Kier molecular flexibility index (Phi) is 5.84. The van der Waals surface area contributed by atoms with Gasteiger partial charge in [0.05, 0.1) is 13.4 Å². The Balaban J connectivity index is 1.80. The van der Waals surface area contributed by atoms with Crippen LogP contribution in [0.15, 0.2) is 24.3 Å². The number of urea groups is 1. The number of carbonyl (C=O) groups is 1. The Bertz CT molecular complexity index is 631. The number of nitrogens with one attached hydrogen (secondary N) is 2. The SMILES string of the molecule is COc1ccc(CNC(=O)N[C@H]2CCCN(S(C)(=O)=O)C2)cc1. The average molecular weight is 341 g/mol. The van der Waals surface area contributed by atoms with Crippen molar-refractivity contribution in [3.63, 3.8) is 0 Å². The summed E-state index contributed by atoms with van der Waals surface area (Å²) in [6.45, 7) is 1.25. The molecule has 1 aromatic carbocycles. The van der Waals surface area contributed by atoms with Crippen molar-refractivity contribution in [2.75, 3.05) is 26.5 Å². The first-order valence-electron chi connectivity index (χ1n) is 7.51. The summed E-state index contributed by atoms with van der Waals surface area (Å²) in [7, 11) is -1.60. The van der Waals surface area contributed by atoms with Crippen molar-refractivity contribution in [3.05, 3.63) is 29.8 Å². The van der Waals surface area contributed by atoms with Crippen LogP contribution in [0.2, 0.25) is 0 Å². The molecule has 0 aromatic heterocycles. The number of nitrogens with zero attached hydrogens (tertiary/aromatic N) is 1. The molecule has 0 aliphatic carbocycles. The van der Waals surface area contributed by atoms with Gasteiger partial charge in [0.1, 0.15) is 5.75 Å². The van der Waals surface area contributed by atoms with Gasteiger partial charge in [0.15, 0.2) is 0 Å². The number of hydrogen-bond acceptors (Lipinski definition) is 4. The van der Waals surface area contributed by atoms with Gasteiger partial charge in [0.25, 0.3) is 0 Å². The smallest absolute Gasteiger partial charge is 0.315 e. The maximum absolute atomic E-state index is 11.9. The summed E-state index contributed by atoms with van der Waals surface area (Å²) >= 11 is 0. The van der Waals surface area contributed by atoms with Gasteiger partial charge in [-0.25, -0.2) is 17.5 Å². The third-order valence-corrected chi connectivity index (χ3v) is 5.07. The van der Waals surface area contributed by atoms with E-state index in [0.717, 1.165) is 24.2 Å². The number of carbonyl (C=O) groups excluding carboxylic acids is 1. The van der Waals surface area contributed by atoms with Gasteiger partial charge in [0.2, 0.25) is 10.0 Å². The van der Waals surface area contributed by atoms with Gasteiger partial charge in [-0.2, -0.15) is 0 Å². The fourth-order valence-electron chi connectivity index (χ4n) is 2.52. The largest absolute Gasteiger partial charge is 0.497 e. The van der Waals surface area contributed by atoms with Gasteiger partial charge in [-0.1, -0.05) is 12.1 Å². The number of piperidine rings is 1. The summed E-state index contributed by atoms with van der Waals surface area (Å²) in [6, 6.07) is 6.98. The third-order valence-electron chi connectivity index (χ3n) is 3.80. The van der Waals surface area contributed by atoms with Crippen molar-refractivity contribution < 1.29 is 17.9 Å². The topological polar surface area (TPSA) is 87.7 Å². The summed E-state index contributed by atoms with van der Waals surface area (Å²) in [5, 5.41) is 5.61. The molecular formula is C15H23N3O4S. The maximum Gasteiger partial charge on any atom is 0.315 e. The highest BCUT2D eigenvalue weighted by Crippen LogP contribution is 2.13. The van der Waals surface area contributed by atoms with Gasteiger partial charge in [0, 0.05) is 25.7 Å². The molecule has 1 aliphatic rings. The van der Waals surface area contributed by atoms with Crippen molar-refractivity contribution in [1.29, 1.82) is 0 Å². The van der Waals surface area contributed by atoms with E-state index in [9.17, 15) is 13.2 Å². The Labute approximate surface area is 137 Å². The fraction of sp³-hybridized carbons (Fsp3) is 0.533. The first kappa shape index (κ1) is 17.6. The average Bonchev–Trinajstić information content (AvgIpc) is 2.53. The zero-order valence-electron chi connectivity index (χ0n) is 13.4. The standard InChI is InChI=1S/C15H23N3O4S/c1-22-14-7-5-12(6-8-14)10-16-15(19)17-13-4-3-9-18(11-13)23(2,20)21/h5-8,13H,3-4,9-11H2,1-2H3,(H2,16,17,19)/t13-/m0/s1. The number of rotatable bonds is 5. The van der Waals surface area contributed by atoms with Gasteiger partial charge in [-0.15, -0.1) is 0 Å². The van der Waals surface area contributed by atoms with E-state index in [2.05, 4.69) is 10.6 Å². The van der Waals surface area contributed by atoms with Crippen molar-refractivity contribution in [2.45, 2.75) is 25.4 Å². The Morgan fingerprint density at radius 1 is 1.35 bits per heavy atom. The van der Waals surface area contributed by atoms with Crippen LogP contribution in [0.5, 0.6) is 5.75 Å². The van der Waals surface area contributed by atoms with Crippen LogP contribution >= 0.6 is 0 Å². The number of ether oxygens (including phenoxy) is 1. The predicted octanol–water partition coefficient (Wildman–Crippen LogP) is 0.918. The second-order valence-corrected chi connectivity index (χ2v) is 7.62. The van der Waals surface area contributed by atoms with E-state index in [1.165, 1.54) is 10.6 Å². The third kappa shape index (κ3) is 5.40. The van der Waals surface area contributed by atoms with Crippen molar-refractivity contribution in [2.24, 2.45) is 0 Å². The molecule has 1 saturated heterocycles. The van der Waals surface area contributed by atoms with Crippen LogP contribution in [0.25, 0.3) is 0 Å². The highest BCUT2D eigenvalue weighted by molar-refractivity contribution is 7.88. The van der Waals surface area contributed by atoms with Crippen LogP contribution in [-0.4, -0.2) is 51.3 Å². The quantitative estimate of drug-likeness (QED) is 0.834. The molecule has 0 spiro atoms. The Morgan fingerprint density at radius 3 is 2.65 bits per heavy atom. The van der Waals surface area contributed by atoms with Gasteiger partial charge in [-0.3, -0.25) is 0 Å². The summed E-state index contributed by atoms with van der Waals surface area (Å²) in [4.78, 5) is 11.9. The van der Waals surface area contributed by atoms with Crippen LogP contribution in [0.4, 0.5) is 4.79 Å². The molecule has 2 N–H and O–H groups in total. The number of amides is 2. The second kappa shape index (κ2) is 7.65. The van der Waals surface area contributed by atoms with E-state index in [-0.39, 0.29) is 12.1 Å². The van der Waals surface area contributed by atoms with E-state index in [1.54, 1.807) is 7.11 Å². The number of sulfonamides is 1. The molecule has 2 amide bonds. The fourth-order valence-corrected chi connectivity index (χ4v) is 3.44. The molecule has 1 atom stereocenters. The van der Waals surface area contributed by atoms with Crippen LogP contribution in [-0.2, 0) is 16.6 Å². The molecule has 23 heavy (non-hydrogen) atoms. The summed E-state index contributed by atoms with van der Waals surface area (Å²) in [5.41, 5.74) is 0.961. The summed E-state index contributed by atoms with van der Waals surface area (Å²) in [6.07, 6.45) is 2.72. The van der Waals surface area contributed by atoms with E-state index in [4.69, 9.17) is 4.74 Å².